The molecule has 40 valence electrons. The quantitative estimate of drug-likeness (QED) is 0.576. The van der Waals surface area contributed by atoms with Crippen molar-refractivity contribution in [3.05, 3.63) is 0 Å². The van der Waals surface area contributed by atoms with Gasteiger partial charge < -0.3 is 5.72 Å². The maximum atomic E-state index is 7.35. The zero-order valence-corrected chi connectivity index (χ0v) is 3.88. The van der Waals surface area contributed by atoms with Gasteiger partial charge in [-0.3, -0.25) is 0 Å². The molecule has 1 nitrogen and oxygen atoms in total. The molecule has 1 unspecified atom stereocenters. The summed E-state index contributed by atoms with van der Waals surface area (Å²) in [5.41, 5.74) is -0.485. The van der Waals surface area contributed by atoms with Crippen molar-refractivity contribution in [2.45, 2.75) is 13.8 Å². The summed E-state index contributed by atoms with van der Waals surface area (Å²) in [5, 5.41) is 0. The van der Waals surface area contributed by atoms with E-state index >= 15 is 0 Å². The van der Waals surface area contributed by atoms with E-state index in [0.29, 0.717) is 0 Å². The van der Waals surface area contributed by atoms with E-state index in [4.69, 9.17) is 12.4 Å². The van der Waals surface area contributed by atoms with E-state index in [0.717, 1.165) is 0 Å². The first kappa shape index (κ1) is 0.981. The zero-order valence-electron chi connectivity index (χ0n) is 12.1. The number of hydrogen-bond acceptors (Lipinski definition) is 1. The highest BCUT2D eigenvalue weighted by Crippen LogP contribution is 1.81. The Morgan fingerprint density at radius 3 is 3.50 bits per heavy atom. The van der Waals surface area contributed by atoms with E-state index in [1.165, 1.54) is 0 Å². The molecule has 0 aromatic rings. The van der Waals surface area contributed by atoms with Gasteiger partial charge in [-0.05, 0) is 12.4 Å². The largest absolute Gasteiger partial charge is 0.330 e. The van der Waals surface area contributed by atoms with Crippen molar-refractivity contribution in [1.82, 2.24) is 0 Å². The third-order valence-corrected chi connectivity index (χ3v) is 0.135. The zero-order chi connectivity index (χ0) is 11.8. The van der Waals surface area contributed by atoms with E-state index in [9.17, 15) is 0 Å². The number of rotatable bonds is 2. The minimum absolute atomic E-state index is 0. The molecule has 0 rings (SSSR count). The van der Waals surface area contributed by atoms with Gasteiger partial charge in [0.2, 0.25) is 0 Å². The molecule has 0 heterocycles. The molecule has 0 radical (unpaired) electrons. The second-order valence-electron chi connectivity index (χ2n) is 0.590. The fourth-order valence-electron chi connectivity index (χ4n) is 0. The van der Waals surface area contributed by atoms with Crippen LogP contribution in [-0.2, 0) is 0 Å². The molecule has 0 aromatic heterocycles. The van der Waals surface area contributed by atoms with E-state index in [1.807, 2.05) is 0 Å². The molecule has 0 aliphatic rings. The smallest absolute Gasteiger partial charge is 0.118 e. The van der Waals surface area contributed by atoms with Crippen LogP contribution in [-0.4, -0.2) is 6.50 Å². The van der Waals surface area contributed by atoms with Gasteiger partial charge in [0.05, 0.1) is 0 Å². The van der Waals surface area contributed by atoms with Gasteiger partial charge in [0, 0.05) is 9.60 Å². The van der Waals surface area contributed by atoms with Crippen LogP contribution in [0.15, 0.2) is 0 Å². The van der Waals surface area contributed by atoms with Crippen molar-refractivity contribution in [1.29, 1.82) is 0 Å². The lowest BCUT2D eigenvalue weighted by molar-refractivity contribution is 0.664. The molecule has 2 N–H and O–H groups in total. The fourth-order valence-corrected chi connectivity index (χ4v) is 0. The molecule has 2 heteroatoms. The van der Waals surface area contributed by atoms with E-state index in [2.05, 4.69) is 0 Å². The van der Waals surface area contributed by atoms with E-state index in [1.54, 1.807) is 0 Å². The SMILES string of the molecule is Cl.[2H]CC([2H])(C([2H])([2H])[2H])C([2H])([2H])N([2H])[2H]. The first-order chi connectivity index (χ1) is 6.00. The Bertz CT molecular complexity index is 203. The van der Waals surface area contributed by atoms with Crippen LogP contribution in [0.2, 0.25) is 2.82 Å². The van der Waals surface area contributed by atoms with Gasteiger partial charge in [-0.15, -0.1) is 12.4 Å². The van der Waals surface area contributed by atoms with Gasteiger partial charge >= 0.3 is 0 Å². The molecule has 0 saturated heterocycles. The van der Waals surface area contributed by atoms with Gasteiger partial charge in [-0.1, -0.05) is 13.8 Å². The summed E-state index contributed by atoms with van der Waals surface area (Å²) in [4.78, 5) is 0. The molecule has 0 aliphatic heterocycles. The summed E-state index contributed by atoms with van der Waals surface area (Å²) in [6, 6.07) is 0. The van der Waals surface area contributed by atoms with E-state index in [-0.39, 0.29) is 12.4 Å². The van der Waals surface area contributed by atoms with Crippen molar-refractivity contribution >= 4 is 12.4 Å². The third-order valence-electron chi connectivity index (χ3n) is 0.135. The lowest BCUT2D eigenvalue weighted by atomic mass is 10.2. The molecule has 1 atom stereocenters. The number of halogens is 1. The lowest BCUT2D eigenvalue weighted by Gasteiger charge is -1.91. The van der Waals surface area contributed by atoms with Crippen LogP contribution < -0.4 is 5.72 Å². The Kier molecular flexibility index (Phi) is 0.859. The van der Waals surface area contributed by atoms with Crippen LogP contribution >= 0.6 is 12.4 Å². The first-order valence-electron chi connectivity index (χ1n) is 5.68. The average Bonchev–Trinajstić information content (AvgIpc) is 2.00. The van der Waals surface area contributed by atoms with Gasteiger partial charge in [0.1, 0.15) is 2.82 Å². The Labute approximate surface area is 58.1 Å². The van der Waals surface area contributed by atoms with Crippen LogP contribution in [0, 0.1) is 5.89 Å². The highest BCUT2D eigenvalue weighted by atomic mass is 35.5. The molecular weight excluding hydrogens is 97.5 g/mol. The predicted octanol–water partition coefficient (Wildman–Crippen LogP) is 1.02. The van der Waals surface area contributed by atoms with Crippen LogP contribution in [0.3, 0.4) is 0 Å². The van der Waals surface area contributed by atoms with Gasteiger partial charge in [-0.2, -0.15) is 0 Å². The summed E-state index contributed by atoms with van der Waals surface area (Å²) < 4.78 is 62.7. The number of hydrogen-bond donors (Lipinski definition) is 1. The van der Waals surface area contributed by atoms with E-state index < -0.39 is 31.9 Å². The normalized spacial score (nSPS) is 44.5. The van der Waals surface area contributed by atoms with Crippen molar-refractivity contribution in [3.8, 4) is 0 Å². The molecule has 0 amide bonds. The van der Waals surface area contributed by atoms with Crippen LogP contribution in [0.5, 0.6) is 0 Å². The molecule has 0 bridgehead atoms. The Hall–Kier alpha value is 0.250. The maximum absolute atomic E-state index is 7.35. The Morgan fingerprint density at radius 2 is 3.33 bits per heavy atom. The van der Waals surface area contributed by atoms with Crippen LogP contribution in [0.25, 0.3) is 0 Å². The number of nitrogens with two attached hydrogens (primary N) is 1. The third kappa shape index (κ3) is 8.87. The fraction of sp³-hybridized carbons (Fsp3) is 1.00. The predicted molar refractivity (Wildman–Crippen MR) is 31.1 cm³/mol. The molecule has 0 aromatic carbocycles. The van der Waals surface area contributed by atoms with Crippen molar-refractivity contribution in [3.63, 3.8) is 0 Å². The standard InChI is InChI=1S/C4H11N.ClH/c1-4(2)3-5;/h4H,3,5H2,1-2H3;1H/i1D,2D3,3D2,4D;/hD2. The van der Waals surface area contributed by atoms with Gasteiger partial charge in [0.15, 0.2) is 0 Å². The molecule has 0 spiro atoms. The van der Waals surface area contributed by atoms with Crippen LogP contribution in [0.1, 0.15) is 23.3 Å². The molecule has 0 fully saturated rings. The Morgan fingerprint density at radius 1 is 2.50 bits per heavy atom. The average molecular weight is 119 g/mol. The summed E-state index contributed by atoms with van der Waals surface area (Å²) >= 11 is 0. The summed E-state index contributed by atoms with van der Waals surface area (Å²) in [5.74, 6) is -2.80. The highest BCUT2D eigenvalue weighted by Gasteiger charge is 1.80. The van der Waals surface area contributed by atoms with Gasteiger partial charge in [0.25, 0.3) is 0 Å². The minimum atomic E-state index is -3.06. The highest BCUT2D eigenvalue weighted by molar-refractivity contribution is 5.85. The molecule has 0 aliphatic carbocycles. The van der Waals surface area contributed by atoms with Gasteiger partial charge in [-0.25, -0.2) is 0 Å². The Balaban J connectivity index is 0. The molecule has 0 saturated carbocycles. The van der Waals surface area contributed by atoms with Crippen molar-refractivity contribution in [2.75, 3.05) is 6.50 Å². The summed E-state index contributed by atoms with van der Waals surface area (Å²) in [6.07, 6.45) is 0. The summed E-state index contributed by atoms with van der Waals surface area (Å²) in [6.45, 7) is -7.14. The lowest BCUT2D eigenvalue weighted by Crippen LogP contribution is -2.05. The molecule has 6 heavy (non-hydrogen) atoms. The first-order valence-corrected chi connectivity index (χ1v) is 1.08. The second-order valence-corrected chi connectivity index (χ2v) is 0.590. The maximum Gasteiger partial charge on any atom is 0.118 e. The van der Waals surface area contributed by atoms with Crippen molar-refractivity contribution in [2.24, 2.45) is 11.6 Å². The topological polar surface area (TPSA) is 26.0 Å². The summed E-state index contributed by atoms with van der Waals surface area (Å²) in [7, 11) is 0. The monoisotopic (exact) mass is 118 g/mol. The molecular formula is C4H12ClN. The minimum Gasteiger partial charge on any atom is -0.330 e. The van der Waals surface area contributed by atoms with Crippen molar-refractivity contribution < 1.29 is 12.4 Å². The van der Waals surface area contributed by atoms with Crippen LogP contribution in [0.4, 0.5) is 0 Å². The second kappa shape index (κ2) is 5.25.